The molecular weight excluding hydrogens is 542 g/mol. The van der Waals surface area contributed by atoms with Gasteiger partial charge in [0.1, 0.15) is 0 Å². The number of hydrogen-bond acceptors (Lipinski definition) is 1. The van der Waals surface area contributed by atoms with Crippen molar-refractivity contribution in [1.82, 2.24) is 0 Å². The molecular formula is C44H29N. The third-order valence-corrected chi connectivity index (χ3v) is 9.13. The Morgan fingerprint density at radius 1 is 0.289 bits per heavy atom. The van der Waals surface area contributed by atoms with Gasteiger partial charge in [-0.1, -0.05) is 127 Å². The van der Waals surface area contributed by atoms with Gasteiger partial charge in [-0.15, -0.1) is 0 Å². The zero-order chi connectivity index (χ0) is 29.7. The second-order valence-electron chi connectivity index (χ2n) is 11.7. The predicted molar refractivity (Wildman–Crippen MR) is 191 cm³/mol. The van der Waals surface area contributed by atoms with Gasteiger partial charge in [-0.05, 0) is 115 Å². The van der Waals surface area contributed by atoms with Crippen molar-refractivity contribution < 1.29 is 0 Å². The van der Waals surface area contributed by atoms with Crippen LogP contribution in [-0.4, -0.2) is 0 Å². The summed E-state index contributed by atoms with van der Waals surface area (Å²) in [6.45, 7) is 0. The SMILES string of the molecule is c1ccc(-c2c3c(c(-c4ccccc4)c4ccccc24)-c2cc4cc(N(c5ccccc5)c5ccccc5)ccc4cc2-3)cc1. The lowest BCUT2D eigenvalue weighted by Crippen LogP contribution is -2.10. The summed E-state index contributed by atoms with van der Waals surface area (Å²) in [6, 6.07) is 63.7. The average Bonchev–Trinajstić information content (AvgIpc) is 3.11. The Morgan fingerprint density at radius 3 is 1.20 bits per heavy atom. The lowest BCUT2D eigenvalue weighted by Gasteiger charge is -2.33. The molecule has 1 nitrogen and oxygen atoms in total. The predicted octanol–water partition coefficient (Wildman–Crippen LogP) is 12.4. The van der Waals surface area contributed by atoms with Gasteiger partial charge in [-0.2, -0.15) is 0 Å². The van der Waals surface area contributed by atoms with Gasteiger partial charge in [0, 0.05) is 17.1 Å². The van der Waals surface area contributed by atoms with Crippen molar-refractivity contribution in [2.45, 2.75) is 0 Å². The first-order chi connectivity index (χ1) is 22.3. The van der Waals surface area contributed by atoms with Crippen LogP contribution in [0.25, 0.3) is 66.1 Å². The molecule has 9 rings (SSSR count). The van der Waals surface area contributed by atoms with E-state index >= 15 is 0 Å². The molecule has 0 atom stereocenters. The Labute approximate surface area is 263 Å². The maximum atomic E-state index is 2.42. The van der Waals surface area contributed by atoms with E-state index in [4.69, 9.17) is 0 Å². The highest BCUT2D eigenvalue weighted by Crippen LogP contribution is 2.59. The Balaban J connectivity index is 1.30. The number of rotatable bonds is 5. The molecule has 0 saturated carbocycles. The lowest BCUT2D eigenvalue weighted by atomic mass is 9.70. The standard InChI is InChI=1S/C44H29N/c1-5-15-30(16-6-1)41-37-23-13-14-24-38(37)42(31-17-7-2-8-18-31)44-40-29-33-27-36(26-25-32(33)28-39(40)43(41)44)45(34-19-9-3-10-20-34)35-21-11-4-12-22-35/h1-29H. The first-order valence-electron chi connectivity index (χ1n) is 15.5. The highest BCUT2D eigenvalue weighted by Gasteiger charge is 2.32. The number of para-hydroxylation sites is 2. The van der Waals surface area contributed by atoms with E-state index in [2.05, 4.69) is 181 Å². The minimum Gasteiger partial charge on any atom is -0.310 e. The first-order valence-corrected chi connectivity index (χ1v) is 15.5. The minimum atomic E-state index is 1.14. The molecule has 0 amide bonds. The molecule has 0 bridgehead atoms. The summed E-state index contributed by atoms with van der Waals surface area (Å²) in [4.78, 5) is 2.34. The monoisotopic (exact) mass is 571 g/mol. The third kappa shape index (κ3) is 4.09. The molecule has 0 aromatic heterocycles. The summed E-state index contributed by atoms with van der Waals surface area (Å²) in [5.74, 6) is 0. The quantitative estimate of drug-likeness (QED) is 0.199. The molecule has 1 heteroatoms. The summed E-state index contributed by atoms with van der Waals surface area (Å²) < 4.78 is 0. The van der Waals surface area contributed by atoms with Crippen molar-refractivity contribution in [3.05, 3.63) is 176 Å². The van der Waals surface area contributed by atoms with Crippen molar-refractivity contribution in [2.24, 2.45) is 0 Å². The number of anilines is 3. The van der Waals surface area contributed by atoms with E-state index in [1.807, 2.05) is 0 Å². The fourth-order valence-electron chi connectivity index (χ4n) is 7.16. The molecule has 8 aromatic rings. The van der Waals surface area contributed by atoms with Crippen LogP contribution in [0.15, 0.2) is 176 Å². The van der Waals surface area contributed by atoms with Crippen LogP contribution in [0, 0.1) is 0 Å². The van der Waals surface area contributed by atoms with Gasteiger partial charge in [0.25, 0.3) is 0 Å². The smallest absolute Gasteiger partial charge is 0.0468 e. The molecule has 0 unspecified atom stereocenters. The summed E-state index contributed by atoms with van der Waals surface area (Å²) in [5, 5.41) is 5.07. The Morgan fingerprint density at radius 2 is 0.711 bits per heavy atom. The molecule has 45 heavy (non-hydrogen) atoms. The van der Waals surface area contributed by atoms with Crippen molar-refractivity contribution >= 4 is 38.6 Å². The maximum absolute atomic E-state index is 2.42. The fourth-order valence-corrected chi connectivity index (χ4v) is 7.16. The van der Waals surface area contributed by atoms with Gasteiger partial charge >= 0.3 is 0 Å². The van der Waals surface area contributed by atoms with E-state index in [-0.39, 0.29) is 0 Å². The van der Waals surface area contributed by atoms with Crippen molar-refractivity contribution in [3.63, 3.8) is 0 Å². The largest absolute Gasteiger partial charge is 0.310 e. The molecule has 0 N–H and O–H groups in total. The second kappa shape index (κ2) is 10.4. The van der Waals surface area contributed by atoms with Crippen LogP contribution in [0.5, 0.6) is 0 Å². The lowest BCUT2D eigenvalue weighted by molar-refractivity contribution is 1.29. The molecule has 0 radical (unpaired) electrons. The first kappa shape index (κ1) is 25.6. The Kier molecular flexibility index (Phi) is 5.89. The molecule has 0 fully saturated rings. The highest BCUT2D eigenvalue weighted by atomic mass is 15.1. The van der Waals surface area contributed by atoms with Crippen LogP contribution in [0.1, 0.15) is 0 Å². The third-order valence-electron chi connectivity index (χ3n) is 9.13. The topological polar surface area (TPSA) is 3.24 Å². The number of fused-ring (bicyclic) bond motifs is 6. The van der Waals surface area contributed by atoms with Gasteiger partial charge in [0.15, 0.2) is 0 Å². The van der Waals surface area contributed by atoms with Crippen LogP contribution in [0.3, 0.4) is 0 Å². The van der Waals surface area contributed by atoms with Crippen LogP contribution in [0.4, 0.5) is 17.1 Å². The van der Waals surface area contributed by atoms with Crippen LogP contribution >= 0.6 is 0 Å². The van der Waals surface area contributed by atoms with Gasteiger partial charge in [0.05, 0.1) is 0 Å². The van der Waals surface area contributed by atoms with Crippen LogP contribution < -0.4 is 4.90 Å². The van der Waals surface area contributed by atoms with Gasteiger partial charge in [0.2, 0.25) is 0 Å². The summed E-state index contributed by atoms with van der Waals surface area (Å²) in [6.07, 6.45) is 0. The molecule has 0 spiro atoms. The summed E-state index contributed by atoms with van der Waals surface area (Å²) in [5.41, 5.74) is 13.9. The second-order valence-corrected chi connectivity index (χ2v) is 11.7. The molecule has 0 aliphatic heterocycles. The minimum absolute atomic E-state index is 1.14. The van der Waals surface area contributed by atoms with Gasteiger partial charge in [-0.25, -0.2) is 0 Å². The number of nitrogens with zero attached hydrogens (tertiary/aromatic N) is 1. The zero-order valence-electron chi connectivity index (χ0n) is 24.7. The number of benzene rings is 8. The van der Waals surface area contributed by atoms with Crippen molar-refractivity contribution in [2.75, 3.05) is 4.90 Å². The van der Waals surface area contributed by atoms with Crippen molar-refractivity contribution in [1.29, 1.82) is 0 Å². The fraction of sp³-hybridized carbons (Fsp3) is 0. The molecule has 0 heterocycles. The molecule has 1 aliphatic carbocycles. The normalized spacial score (nSPS) is 11.6. The van der Waals surface area contributed by atoms with Gasteiger partial charge in [-0.3, -0.25) is 0 Å². The van der Waals surface area contributed by atoms with E-state index in [0.717, 1.165) is 17.1 Å². The highest BCUT2D eigenvalue weighted by molar-refractivity contribution is 6.25. The van der Waals surface area contributed by atoms with E-state index in [1.165, 1.54) is 66.1 Å². The van der Waals surface area contributed by atoms with E-state index < -0.39 is 0 Å². The molecule has 1 aliphatic rings. The van der Waals surface area contributed by atoms with E-state index in [0.29, 0.717) is 0 Å². The van der Waals surface area contributed by atoms with Crippen LogP contribution in [0.2, 0.25) is 0 Å². The molecule has 0 saturated heterocycles. The average molecular weight is 572 g/mol. The Bertz CT molecular complexity index is 2300. The van der Waals surface area contributed by atoms with E-state index in [1.54, 1.807) is 0 Å². The molecule has 8 aromatic carbocycles. The van der Waals surface area contributed by atoms with Crippen LogP contribution in [-0.2, 0) is 0 Å². The van der Waals surface area contributed by atoms with Crippen molar-refractivity contribution in [3.8, 4) is 44.5 Å². The van der Waals surface area contributed by atoms with Gasteiger partial charge < -0.3 is 4.90 Å². The Hall–Kier alpha value is -5.92. The van der Waals surface area contributed by atoms with E-state index in [9.17, 15) is 0 Å². The zero-order valence-corrected chi connectivity index (χ0v) is 24.7. The summed E-state index contributed by atoms with van der Waals surface area (Å²) >= 11 is 0. The summed E-state index contributed by atoms with van der Waals surface area (Å²) in [7, 11) is 0. The number of hydrogen-bond donors (Lipinski definition) is 0. The molecule has 210 valence electrons. The maximum Gasteiger partial charge on any atom is 0.0468 e.